The Morgan fingerprint density at radius 3 is 2.33 bits per heavy atom. The number of hydrogen-bond donors (Lipinski definition) is 0. The van der Waals surface area contributed by atoms with Crippen LogP contribution in [0.1, 0.15) is 17.0 Å². The lowest BCUT2D eigenvalue weighted by Crippen LogP contribution is -2.27. The second kappa shape index (κ2) is 7.13. The van der Waals surface area contributed by atoms with Gasteiger partial charge in [0.1, 0.15) is 0 Å². The van der Waals surface area contributed by atoms with E-state index in [1.54, 1.807) is 11.9 Å². The minimum absolute atomic E-state index is 0.0523. The first kappa shape index (κ1) is 16.0. The normalized spacial score (nSPS) is 10.6. The van der Waals surface area contributed by atoms with Crippen molar-refractivity contribution in [3.63, 3.8) is 0 Å². The number of aromatic nitrogens is 1. The van der Waals surface area contributed by atoms with Gasteiger partial charge in [-0.2, -0.15) is 0 Å². The average Bonchev–Trinajstić information content (AvgIpc) is 3.01. The molecule has 122 valence electrons. The molecule has 0 aliphatic rings. The van der Waals surface area contributed by atoms with E-state index in [1.807, 2.05) is 43.3 Å². The van der Waals surface area contributed by atoms with Gasteiger partial charge < -0.3 is 9.42 Å². The van der Waals surface area contributed by atoms with E-state index in [1.165, 1.54) is 5.56 Å². The highest BCUT2D eigenvalue weighted by molar-refractivity contribution is 5.78. The van der Waals surface area contributed by atoms with Gasteiger partial charge in [0, 0.05) is 13.1 Å². The summed E-state index contributed by atoms with van der Waals surface area (Å²) in [7, 11) is 1.78. The Hall–Kier alpha value is -2.88. The quantitative estimate of drug-likeness (QED) is 0.717. The minimum Gasteiger partial charge on any atom is -0.359 e. The molecule has 2 aromatic carbocycles. The summed E-state index contributed by atoms with van der Waals surface area (Å²) in [6.07, 6.45) is 0.374. The molecule has 1 aromatic heterocycles. The Morgan fingerprint density at radius 2 is 1.71 bits per heavy atom. The fourth-order valence-corrected chi connectivity index (χ4v) is 2.57. The molecule has 0 spiro atoms. The van der Waals surface area contributed by atoms with Crippen molar-refractivity contribution in [2.45, 2.75) is 19.9 Å². The first-order chi connectivity index (χ1) is 11.6. The number of likely N-dealkylation sites (N-methyl/N-ethyl adjacent to an activating group) is 1. The lowest BCUT2D eigenvalue weighted by atomic mass is 10.0. The summed E-state index contributed by atoms with van der Waals surface area (Å²) in [5, 5.41) is 3.84. The number of rotatable bonds is 5. The maximum absolute atomic E-state index is 12.3. The number of nitrogens with zero attached hydrogens (tertiary/aromatic N) is 2. The van der Waals surface area contributed by atoms with Crippen LogP contribution in [-0.2, 0) is 17.8 Å². The van der Waals surface area contributed by atoms with E-state index < -0.39 is 0 Å². The summed E-state index contributed by atoms with van der Waals surface area (Å²) in [4.78, 5) is 14.0. The van der Waals surface area contributed by atoms with Crippen LogP contribution >= 0.6 is 0 Å². The summed E-state index contributed by atoms with van der Waals surface area (Å²) < 4.78 is 5.16. The summed E-state index contributed by atoms with van der Waals surface area (Å²) in [5.41, 5.74) is 4.15. The van der Waals surface area contributed by atoms with Crippen LogP contribution in [0.3, 0.4) is 0 Å². The molecule has 0 aliphatic heterocycles. The molecule has 4 heteroatoms. The SMILES string of the molecule is Cc1cc(CN(C)C(=O)Cc2ccc(-c3ccccc3)cc2)on1. The van der Waals surface area contributed by atoms with Crippen LogP contribution in [0, 0.1) is 6.92 Å². The molecule has 0 N–H and O–H groups in total. The maximum Gasteiger partial charge on any atom is 0.227 e. The van der Waals surface area contributed by atoms with Gasteiger partial charge in [-0.1, -0.05) is 59.8 Å². The smallest absolute Gasteiger partial charge is 0.227 e. The highest BCUT2D eigenvalue weighted by Crippen LogP contribution is 2.19. The Morgan fingerprint density at radius 1 is 1.04 bits per heavy atom. The van der Waals surface area contributed by atoms with E-state index in [0.29, 0.717) is 18.7 Å². The van der Waals surface area contributed by atoms with E-state index in [9.17, 15) is 4.79 Å². The monoisotopic (exact) mass is 320 g/mol. The molecular formula is C20H20N2O2. The van der Waals surface area contributed by atoms with Crippen LogP contribution in [0.15, 0.2) is 65.2 Å². The van der Waals surface area contributed by atoms with Gasteiger partial charge in [-0.3, -0.25) is 4.79 Å². The number of hydrogen-bond acceptors (Lipinski definition) is 3. The number of amides is 1. The van der Waals surface area contributed by atoms with Gasteiger partial charge in [0.25, 0.3) is 0 Å². The molecule has 0 saturated heterocycles. The van der Waals surface area contributed by atoms with Gasteiger partial charge in [-0.05, 0) is 23.6 Å². The fourth-order valence-electron chi connectivity index (χ4n) is 2.57. The zero-order valence-corrected chi connectivity index (χ0v) is 13.9. The lowest BCUT2D eigenvalue weighted by Gasteiger charge is -2.15. The van der Waals surface area contributed by atoms with E-state index in [0.717, 1.165) is 16.8 Å². The predicted octanol–water partition coefficient (Wildman–Crippen LogP) is 3.85. The second-order valence-electron chi connectivity index (χ2n) is 5.92. The van der Waals surface area contributed by atoms with Gasteiger partial charge in [0.15, 0.2) is 5.76 Å². The molecule has 0 aliphatic carbocycles. The zero-order valence-electron chi connectivity index (χ0n) is 13.9. The predicted molar refractivity (Wildman–Crippen MR) is 93.3 cm³/mol. The first-order valence-electron chi connectivity index (χ1n) is 7.92. The summed E-state index contributed by atoms with van der Waals surface area (Å²) in [5.74, 6) is 0.749. The van der Waals surface area contributed by atoms with E-state index in [-0.39, 0.29) is 5.91 Å². The molecule has 0 fully saturated rings. The molecule has 1 amide bonds. The highest BCUT2D eigenvalue weighted by atomic mass is 16.5. The minimum atomic E-state index is 0.0523. The van der Waals surface area contributed by atoms with E-state index >= 15 is 0 Å². The second-order valence-corrected chi connectivity index (χ2v) is 5.92. The van der Waals surface area contributed by atoms with Crippen molar-refractivity contribution >= 4 is 5.91 Å². The zero-order chi connectivity index (χ0) is 16.9. The average molecular weight is 320 g/mol. The highest BCUT2D eigenvalue weighted by Gasteiger charge is 2.12. The third-order valence-corrected chi connectivity index (χ3v) is 3.91. The molecule has 4 nitrogen and oxygen atoms in total. The van der Waals surface area contributed by atoms with Crippen molar-refractivity contribution < 1.29 is 9.32 Å². The van der Waals surface area contributed by atoms with Crippen LogP contribution in [-0.4, -0.2) is 23.0 Å². The summed E-state index contributed by atoms with van der Waals surface area (Å²) >= 11 is 0. The molecule has 0 radical (unpaired) electrons. The summed E-state index contributed by atoms with van der Waals surface area (Å²) in [6, 6.07) is 20.2. The lowest BCUT2D eigenvalue weighted by molar-refractivity contribution is -0.129. The van der Waals surface area contributed by atoms with Crippen LogP contribution in [0.5, 0.6) is 0 Å². The Bertz CT molecular complexity index is 807. The first-order valence-corrected chi connectivity index (χ1v) is 7.92. The van der Waals surface area contributed by atoms with E-state index in [4.69, 9.17) is 4.52 Å². The van der Waals surface area contributed by atoms with Gasteiger partial charge >= 0.3 is 0 Å². The number of benzene rings is 2. The Balaban J connectivity index is 1.62. The van der Waals surface area contributed by atoms with Crippen molar-refractivity contribution in [2.75, 3.05) is 7.05 Å². The number of carbonyl (C=O) groups is 1. The van der Waals surface area contributed by atoms with Gasteiger partial charge in [0.2, 0.25) is 5.91 Å². The third-order valence-electron chi connectivity index (χ3n) is 3.91. The topological polar surface area (TPSA) is 46.3 Å². The van der Waals surface area contributed by atoms with Gasteiger partial charge in [0.05, 0.1) is 18.7 Å². The molecule has 3 rings (SSSR count). The fraction of sp³-hybridized carbons (Fsp3) is 0.200. The van der Waals surface area contributed by atoms with Crippen molar-refractivity contribution in [1.29, 1.82) is 0 Å². The van der Waals surface area contributed by atoms with Crippen molar-refractivity contribution in [2.24, 2.45) is 0 Å². The largest absolute Gasteiger partial charge is 0.359 e. The van der Waals surface area contributed by atoms with Gasteiger partial charge in [-0.25, -0.2) is 0 Å². The molecule has 1 heterocycles. The summed E-state index contributed by atoms with van der Waals surface area (Å²) in [6.45, 7) is 2.30. The number of carbonyl (C=O) groups excluding carboxylic acids is 1. The molecule has 0 unspecified atom stereocenters. The third kappa shape index (κ3) is 3.90. The maximum atomic E-state index is 12.3. The van der Waals surface area contributed by atoms with E-state index in [2.05, 4.69) is 29.4 Å². The number of aryl methyl sites for hydroxylation is 1. The molecular weight excluding hydrogens is 300 g/mol. The molecule has 0 atom stereocenters. The van der Waals surface area contributed by atoms with Crippen molar-refractivity contribution in [3.8, 4) is 11.1 Å². The van der Waals surface area contributed by atoms with Crippen LogP contribution in [0.25, 0.3) is 11.1 Å². The molecule has 3 aromatic rings. The van der Waals surface area contributed by atoms with Crippen molar-refractivity contribution in [1.82, 2.24) is 10.1 Å². The molecule has 24 heavy (non-hydrogen) atoms. The van der Waals surface area contributed by atoms with Crippen LogP contribution in [0.2, 0.25) is 0 Å². The van der Waals surface area contributed by atoms with Crippen LogP contribution in [0.4, 0.5) is 0 Å². The Labute approximate surface area is 141 Å². The van der Waals surface area contributed by atoms with Crippen molar-refractivity contribution in [3.05, 3.63) is 77.7 Å². The Kier molecular flexibility index (Phi) is 4.75. The standard InChI is InChI=1S/C20H20N2O2/c1-15-12-19(24-21-15)14-22(2)20(23)13-16-8-10-18(11-9-16)17-6-4-3-5-7-17/h3-12H,13-14H2,1-2H3. The molecule has 0 saturated carbocycles. The van der Waals surface area contributed by atoms with Gasteiger partial charge in [-0.15, -0.1) is 0 Å². The molecule has 0 bridgehead atoms. The van der Waals surface area contributed by atoms with Crippen LogP contribution < -0.4 is 0 Å².